The summed E-state index contributed by atoms with van der Waals surface area (Å²) >= 11 is 0. The summed E-state index contributed by atoms with van der Waals surface area (Å²) in [4.78, 5) is 4.45. The van der Waals surface area contributed by atoms with Gasteiger partial charge < -0.3 is 10.1 Å². The lowest BCUT2D eigenvalue weighted by Crippen LogP contribution is -2.32. The van der Waals surface area contributed by atoms with Gasteiger partial charge in [-0.1, -0.05) is 18.2 Å². The number of rotatable bonds is 8. The molecule has 2 aromatic rings. The topological polar surface area (TPSA) is 80.3 Å². The Labute approximate surface area is 124 Å². The molecule has 0 fully saturated rings. The van der Waals surface area contributed by atoms with Crippen LogP contribution in [0.1, 0.15) is 0 Å². The van der Waals surface area contributed by atoms with E-state index in [2.05, 4.69) is 15.0 Å². The van der Waals surface area contributed by atoms with Gasteiger partial charge in [0.25, 0.3) is 0 Å². The van der Waals surface area contributed by atoms with Crippen LogP contribution in [0.5, 0.6) is 0 Å². The first kappa shape index (κ1) is 15.7. The smallest absolute Gasteiger partial charge is 0.213 e. The molecule has 1 heterocycles. The van der Waals surface area contributed by atoms with Crippen LogP contribution in [0.4, 0.5) is 5.82 Å². The number of fused-ring (bicyclic) bond motifs is 1. The molecule has 7 heteroatoms. The van der Waals surface area contributed by atoms with Crippen molar-refractivity contribution in [3.05, 3.63) is 36.4 Å². The molecule has 0 spiro atoms. The molecule has 2 rings (SSSR count). The number of anilines is 1. The number of aromatic nitrogens is 1. The summed E-state index contributed by atoms with van der Waals surface area (Å²) in [5.41, 5.74) is 0.906. The fraction of sp³-hybridized carbons (Fsp3) is 0.357. The summed E-state index contributed by atoms with van der Waals surface area (Å²) in [6, 6.07) is 11.7. The minimum atomic E-state index is -3.27. The summed E-state index contributed by atoms with van der Waals surface area (Å²) < 4.78 is 30.3. The zero-order valence-corrected chi connectivity index (χ0v) is 12.7. The largest absolute Gasteiger partial charge is 0.384 e. The van der Waals surface area contributed by atoms with E-state index in [1.165, 1.54) is 7.11 Å². The highest BCUT2D eigenvalue weighted by Gasteiger charge is 2.08. The Hall–Kier alpha value is -1.70. The first-order valence-electron chi connectivity index (χ1n) is 6.67. The van der Waals surface area contributed by atoms with Gasteiger partial charge in [0.05, 0.1) is 17.9 Å². The number of methoxy groups -OCH3 is 1. The predicted octanol–water partition coefficient (Wildman–Crippen LogP) is 1.21. The number of sulfonamides is 1. The summed E-state index contributed by atoms with van der Waals surface area (Å²) in [6.45, 7) is 0.965. The zero-order chi connectivity index (χ0) is 15.1. The molecule has 0 atom stereocenters. The number of ether oxygens (including phenoxy) is 1. The second-order valence-corrected chi connectivity index (χ2v) is 6.45. The number of hydrogen-bond acceptors (Lipinski definition) is 5. The van der Waals surface area contributed by atoms with Crippen molar-refractivity contribution >= 4 is 26.7 Å². The Morgan fingerprint density at radius 3 is 2.76 bits per heavy atom. The molecule has 1 aromatic heterocycles. The van der Waals surface area contributed by atoms with E-state index >= 15 is 0 Å². The van der Waals surface area contributed by atoms with Crippen LogP contribution in [0, 0.1) is 0 Å². The molecule has 0 unspecified atom stereocenters. The van der Waals surface area contributed by atoms with Crippen LogP contribution in [0.2, 0.25) is 0 Å². The van der Waals surface area contributed by atoms with Crippen molar-refractivity contribution in [3.63, 3.8) is 0 Å². The molecule has 0 amide bonds. The molecule has 0 saturated carbocycles. The molecule has 0 aliphatic rings. The number of para-hydroxylation sites is 1. The lowest BCUT2D eigenvalue weighted by Gasteiger charge is -2.08. The molecular formula is C14H19N3O3S. The van der Waals surface area contributed by atoms with Crippen LogP contribution in [0.3, 0.4) is 0 Å². The fourth-order valence-electron chi connectivity index (χ4n) is 1.83. The van der Waals surface area contributed by atoms with Crippen LogP contribution in [-0.2, 0) is 14.8 Å². The van der Waals surface area contributed by atoms with Crippen LogP contribution in [0.15, 0.2) is 36.4 Å². The summed E-state index contributed by atoms with van der Waals surface area (Å²) in [6.07, 6.45) is 0. The Bertz CT molecular complexity index is 689. The Kier molecular flexibility index (Phi) is 5.49. The minimum Gasteiger partial charge on any atom is -0.384 e. The van der Waals surface area contributed by atoms with E-state index in [0.717, 1.165) is 16.7 Å². The quantitative estimate of drug-likeness (QED) is 0.717. The molecule has 21 heavy (non-hydrogen) atoms. The molecule has 114 valence electrons. The van der Waals surface area contributed by atoms with Gasteiger partial charge in [0.2, 0.25) is 10.0 Å². The maximum Gasteiger partial charge on any atom is 0.213 e. The number of hydrogen-bond donors (Lipinski definition) is 2. The van der Waals surface area contributed by atoms with E-state index in [1.807, 2.05) is 36.4 Å². The van der Waals surface area contributed by atoms with E-state index in [4.69, 9.17) is 4.74 Å². The van der Waals surface area contributed by atoms with E-state index in [-0.39, 0.29) is 12.4 Å². The van der Waals surface area contributed by atoms with Gasteiger partial charge in [-0.15, -0.1) is 0 Å². The highest BCUT2D eigenvalue weighted by atomic mass is 32.2. The van der Waals surface area contributed by atoms with Crippen LogP contribution < -0.4 is 10.0 Å². The van der Waals surface area contributed by atoms with Gasteiger partial charge in [0, 0.05) is 25.6 Å². The van der Waals surface area contributed by atoms with E-state index in [0.29, 0.717) is 13.1 Å². The van der Waals surface area contributed by atoms with E-state index in [1.54, 1.807) is 0 Å². The van der Waals surface area contributed by atoms with Crippen molar-refractivity contribution in [2.75, 3.05) is 37.9 Å². The second-order valence-electron chi connectivity index (χ2n) is 4.52. The van der Waals surface area contributed by atoms with Gasteiger partial charge in [-0.05, 0) is 18.2 Å². The minimum absolute atomic E-state index is 0.0300. The number of nitrogens with zero attached hydrogens (tertiary/aromatic N) is 1. The van der Waals surface area contributed by atoms with E-state index < -0.39 is 10.0 Å². The third-order valence-corrected chi connectivity index (χ3v) is 4.26. The highest BCUT2D eigenvalue weighted by Crippen LogP contribution is 2.13. The summed E-state index contributed by atoms with van der Waals surface area (Å²) in [5.74, 6) is 0.697. The van der Waals surface area contributed by atoms with Crippen LogP contribution >= 0.6 is 0 Å². The predicted molar refractivity (Wildman–Crippen MR) is 83.9 cm³/mol. The van der Waals surface area contributed by atoms with Crippen LogP contribution in [-0.4, -0.2) is 46.0 Å². The molecule has 0 saturated heterocycles. The molecule has 0 bridgehead atoms. The molecular weight excluding hydrogens is 290 g/mol. The maximum atomic E-state index is 11.5. The summed E-state index contributed by atoms with van der Waals surface area (Å²) in [5, 5.41) is 4.17. The lowest BCUT2D eigenvalue weighted by molar-refractivity contribution is 0.217. The first-order valence-corrected chi connectivity index (χ1v) is 8.32. The summed E-state index contributed by atoms with van der Waals surface area (Å²) in [7, 11) is -1.79. The molecule has 2 N–H and O–H groups in total. The normalized spacial score (nSPS) is 11.7. The molecule has 1 aromatic carbocycles. The highest BCUT2D eigenvalue weighted by molar-refractivity contribution is 7.89. The van der Waals surface area contributed by atoms with Gasteiger partial charge in [0.15, 0.2) is 0 Å². The lowest BCUT2D eigenvalue weighted by atomic mass is 10.2. The second kappa shape index (κ2) is 7.35. The standard InChI is InChI=1S/C14H19N3O3S/c1-20-10-11-21(18,19)16-9-8-15-14-7-6-12-4-2-3-5-13(12)17-14/h2-7,16H,8-11H2,1H3,(H,15,17). The number of nitrogens with one attached hydrogen (secondary N) is 2. The van der Waals surface area contributed by atoms with Crippen molar-refractivity contribution in [2.45, 2.75) is 0 Å². The number of benzene rings is 1. The van der Waals surface area contributed by atoms with Gasteiger partial charge in [-0.2, -0.15) is 0 Å². The van der Waals surface area contributed by atoms with Crippen molar-refractivity contribution in [3.8, 4) is 0 Å². The van der Waals surface area contributed by atoms with Crippen LogP contribution in [0.25, 0.3) is 10.9 Å². The maximum absolute atomic E-state index is 11.5. The van der Waals surface area contributed by atoms with Gasteiger partial charge in [-0.25, -0.2) is 18.1 Å². The Morgan fingerprint density at radius 1 is 1.14 bits per heavy atom. The Balaban J connectivity index is 1.82. The monoisotopic (exact) mass is 309 g/mol. The Morgan fingerprint density at radius 2 is 1.95 bits per heavy atom. The molecule has 0 radical (unpaired) electrons. The SMILES string of the molecule is COCCS(=O)(=O)NCCNc1ccc2ccccc2n1. The van der Waals surface area contributed by atoms with Crippen molar-refractivity contribution in [1.29, 1.82) is 0 Å². The van der Waals surface area contributed by atoms with Gasteiger partial charge in [-0.3, -0.25) is 0 Å². The zero-order valence-electron chi connectivity index (χ0n) is 11.9. The van der Waals surface area contributed by atoms with Gasteiger partial charge >= 0.3 is 0 Å². The molecule has 6 nitrogen and oxygen atoms in total. The van der Waals surface area contributed by atoms with Crippen molar-refractivity contribution in [2.24, 2.45) is 0 Å². The van der Waals surface area contributed by atoms with Gasteiger partial charge in [0.1, 0.15) is 5.82 Å². The first-order chi connectivity index (χ1) is 10.1. The molecule has 0 aliphatic carbocycles. The van der Waals surface area contributed by atoms with Crippen molar-refractivity contribution < 1.29 is 13.2 Å². The molecule has 0 aliphatic heterocycles. The average molecular weight is 309 g/mol. The van der Waals surface area contributed by atoms with E-state index in [9.17, 15) is 8.42 Å². The average Bonchev–Trinajstić information content (AvgIpc) is 2.49. The third kappa shape index (κ3) is 4.96. The fourth-order valence-corrected chi connectivity index (χ4v) is 2.77. The number of pyridine rings is 1. The third-order valence-electron chi connectivity index (χ3n) is 2.91. The van der Waals surface area contributed by atoms with Crippen molar-refractivity contribution in [1.82, 2.24) is 9.71 Å².